The number of thiazole rings is 1. The number of aromatic amines is 1. The van der Waals surface area contributed by atoms with Crippen LogP contribution in [-0.2, 0) is 6.42 Å². The number of H-pyrrole nitrogens is 1. The largest absolute Gasteiger partial charge is 0.382 e. The van der Waals surface area contributed by atoms with E-state index in [0.717, 1.165) is 38.0 Å². The normalized spacial score (nSPS) is 19.9. The lowest BCUT2D eigenvalue weighted by atomic mass is 9.73. The first-order chi connectivity index (χ1) is 14.5. The van der Waals surface area contributed by atoms with Gasteiger partial charge < -0.3 is 21.4 Å². The summed E-state index contributed by atoms with van der Waals surface area (Å²) >= 11 is 9.18. The second-order valence-electron chi connectivity index (χ2n) is 7.68. The molecular formula is C19H20ClN7OS2. The molecule has 5 N–H and O–H groups in total. The zero-order valence-electron chi connectivity index (χ0n) is 16.0. The number of piperidine rings is 1. The maximum atomic E-state index is 12.7. The Balaban J connectivity index is 1.30. The number of pyridine rings is 1. The maximum Gasteiger partial charge on any atom is 0.291 e. The average molecular weight is 462 g/mol. The van der Waals surface area contributed by atoms with E-state index in [-0.39, 0.29) is 22.8 Å². The summed E-state index contributed by atoms with van der Waals surface area (Å²) in [6.45, 7) is 1.50. The predicted molar refractivity (Wildman–Crippen MR) is 119 cm³/mol. The molecule has 8 nitrogen and oxygen atoms in total. The molecule has 1 fully saturated rings. The molecule has 156 valence electrons. The van der Waals surface area contributed by atoms with Gasteiger partial charge in [0.2, 0.25) is 0 Å². The highest BCUT2D eigenvalue weighted by atomic mass is 35.5. The van der Waals surface area contributed by atoms with Gasteiger partial charge >= 0.3 is 0 Å². The van der Waals surface area contributed by atoms with Crippen molar-refractivity contribution in [1.82, 2.24) is 19.9 Å². The molecule has 1 atom stereocenters. The van der Waals surface area contributed by atoms with Crippen LogP contribution in [0.1, 0.15) is 29.5 Å². The minimum Gasteiger partial charge on any atom is -0.382 e. The summed E-state index contributed by atoms with van der Waals surface area (Å²) in [5.41, 5.74) is 15.1. The van der Waals surface area contributed by atoms with Gasteiger partial charge in [0.1, 0.15) is 5.82 Å². The Morgan fingerprint density at radius 2 is 2.10 bits per heavy atom. The van der Waals surface area contributed by atoms with Gasteiger partial charge in [0.05, 0.1) is 33.5 Å². The summed E-state index contributed by atoms with van der Waals surface area (Å²) < 4.78 is 0. The van der Waals surface area contributed by atoms with Crippen molar-refractivity contribution in [3.63, 3.8) is 0 Å². The number of nitrogens with two attached hydrogens (primary N) is 2. The van der Waals surface area contributed by atoms with Crippen molar-refractivity contribution in [2.45, 2.75) is 35.2 Å². The van der Waals surface area contributed by atoms with E-state index in [9.17, 15) is 4.79 Å². The zero-order chi connectivity index (χ0) is 20.9. The number of hydrogen-bond acceptors (Lipinski definition) is 9. The van der Waals surface area contributed by atoms with Crippen LogP contribution in [0.5, 0.6) is 0 Å². The first kappa shape index (κ1) is 19.8. The second kappa shape index (κ2) is 7.52. The number of fused-ring (bicyclic) bond motifs is 1. The number of nitrogens with one attached hydrogen (secondary N) is 1. The van der Waals surface area contributed by atoms with Crippen LogP contribution in [0.25, 0.3) is 0 Å². The van der Waals surface area contributed by atoms with Gasteiger partial charge in [-0.3, -0.25) is 4.79 Å². The number of nitrogen functional groups attached to an aromatic ring is 1. The smallest absolute Gasteiger partial charge is 0.291 e. The minimum absolute atomic E-state index is 0.0246. The fourth-order valence-electron chi connectivity index (χ4n) is 4.33. The summed E-state index contributed by atoms with van der Waals surface area (Å²) in [4.78, 5) is 32.5. The molecule has 4 heterocycles. The molecule has 0 bridgehead atoms. The Hall–Kier alpha value is -2.14. The van der Waals surface area contributed by atoms with E-state index in [1.807, 2.05) is 10.4 Å². The van der Waals surface area contributed by atoms with Gasteiger partial charge in [0.25, 0.3) is 5.56 Å². The lowest BCUT2D eigenvalue weighted by Gasteiger charge is -2.42. The Morgan fingerprint density at radius 1 is 1.30 bits per heavy atom. The molecule has 1 aliphatic heterocycles. The third kappa shape index (κ3) is 3.27. The van der Waals surface area contributed by atoms with E-state index in [1.165, 1.54) is 16.6 Å². The first-order valence-corrected chi connectivity index (χ1v) is 11.6. The molecule has 0 aromatic carbocycles. The van der Waals surface area contributed by atoms with Crippen molar-refractivity contribution in [3.05, 3.63) is 49.9 Å². The van der Waals surface area contributed by atoms with Crippen LogP contribution in [0.15, 0.2) is 38.7 Å². The standard InChI is InChI=1S/C19H20ClN7OS2/c20-13-10(1-4-23-16(13)22)30-12-8-24-17(18(28)26-12)27-5-2-19(3-6-27)7-11-14(15(19)21)25-9-29-11/h1,4,8-9,15H,2-3,5-7,21H2,(H2,22,23)(H,26,28). The average Bonchev–Trinajstić information content (AvgIpc) is 3.28. The fourth-order valence-corrected chi connectivity index (χ4v) is 6.33. The van der Waals surface area contributed by atoms with Crippen LogP contribution in [0, 0.1) is 5.41 Å². The third-order valence-electron chi connectivity index (χ3n) is 6.04. The van der Waals surface area contributed by atoms with Crippen LogP contribution in [0.4, 0.5) is 11.6 Å². The Morgan fingerprint density at radius 3 is 2.83 bits per heavy atom. The quantitative estimate of drug-likeness (QED) is 0.543. The van der Waals surface area contributed by atoms with Crippen LogP contribution >= 0.6 is 34.7 Å². The molecule has 0 radical (unpaired) electrons. The molecular weight excluding hydrogens is 442 g/mol. The van der Waals surface area contributed by atoms with Gasteiger partial charge in [-0.05, 0) is 30.7 Å². The molecule has 0 saturated carbocycles. The fraction of sp³-hybridized carbons (Fsp3) is 0.368. The molecule has 1 unspecified atom stereocenters. The number of aromatic nitrogens is 4. The number of hydrogen-bond donors (Lipinski definition) is 3. The minimum atomic E-state index is -0.217. The highest BCUT2D eigenvalue weighted by molar-refractivity contribution is 7.99. The van der Waals surface area contributed by atoms with E-state index in [2.05, 4.69) is 19.9 Å². The lowest BCUT2D eigenvalue weighted by molar-refractivity contribution is 0.186. The zero-order valence-corrected chi connectivity index (χ0v) is 18.4. The Kier molecular flexibility index (Phi) is 4.97. The van der Waals surface area contributed by atoms with E-state index in [0.29, 0.717) is 20.8 Å². The molecule has 1 spiro atoms. The van der Waals surface area contributed by atoms with Crippen LogP contribution in [-0.4, -0.2) is 33.0 Å². The van der Waals surface area contributed by atoms with E-state index in [1.54, 1.807) is 29.8 Å². The van der Waals surface area contributed by atoms with Gasteiger partial charge in [-0.15, -0.1) is 11.3 Å². The van der Waals surface area contributed by atoms with Gasteiger partial charge in [-0.1, -0.05) is 23.4 Å². The summed E-state index contributed by atoms with van der Waals surface area (Å²) in [6, 6.07) is 1.72. The third-order valence-corrected chi connectivity index (χ3v) is 8.39. The molecule has 0 amide bonds. The number of halogens is 1. The lowest BCUT2D eigenvalue weighted by Crippen LogP contribution is -2.46. The molecule has 30 heavy (non-hydrogen) atoms. The van der Waals surface area contributed by atoms with E-state index < -0.39 is 0 Å². The number of rotatable bonds is 3. The first-order valence-electron chi connectivity index (χ1n) is 9.57. The van der Waals surface area contributed by atoms with Crippen molar-refractivity contribution in [3.8, 4) is 0 Å². The van der Waals surface area contributed by atoms with Gasteiger partial charge in [0.15, 0.2) is 5.82 Å². The summed E-state index contributed by atoms with van der Waals surface area (Å²) in [5.74, 6) is 0.694. The van der Waals surface area contributed by atoms with E-state index >= 15 is 0 Å². The topological polar surface area (TPSA) is 127 Å². The summed E-state index contributed by atoms with van der Waals surface area (Å²) in [7, 11) is 0. The predicted octanol–water partition coefficient (Wildman–Crippen LogP) is 2.85. The van der Waals surface area contributed by atoms with Crippen LogP contribution < -0.4 is 21.9 Å². The van der Waals surface area contributed by atoms with E-state index in [4.69, 9.17) is 23.1 Å². The second-order valence-corrected chi connectivity index (χ2v) is 10.1. The van der Waals surface area contributed by atoms with Crippen molar-refractivity contribution in [2.24, 2.45) is 11.1 Å². The molecule has 2 aliphatic rings. The van der Waals surface area contributed by atoms with Gasteiger partial charge in [0, 0.05) is 29.1 Å². The molecule has 1 aliphatic carbocycles. The highest BCUT2D eigenvalue weighted by Gasteiger charge is 2.47. The molecule has 3 aromatic heterocycles. The van der Waals surface area contributed by atoms with Crippen LogP contribution in [0.2, 0.25) is 5.02 Å². The van der Waals surface area contributed by atoms with Crippen molar-refractivity contribution in [2.75, 3.05) is 23.7 Å². The van der Waals surface area contributed by atoms with Crippen molar-refractivity contribution >= 4 is 46.3 Å². The van der Waals surface area contributed by atoms with Crippen LogP contribution in [0.3, 0.4) is 0 Å². The summed E-state index contributed by atoms with van der Waals surface area (Å²) in [5, 5.41) is 0.961. The number of nitrogens with zero attached hydrogens (tertiary/aromatic N) is 4. The highest BCUT2D eigenvalue weighted by Crippen LogP contribution is 2.51. The van der Waals surface area contributed by atoms with Gasteiger partial charge in [-0.2, -0.15) is 0 Å². The molecule has 5 rings (SSSR count). The maximum absolute atomic E-state index is 12.7. The SMILES string of the molecule is Nc1nccc(Sc2cnc(N3CCC4(CC3)Cc3scnc3C4N)c(=O)[nH]2)c1Cl. The number of anilines is 2. The monoisotopic (exact) mass is 461 g/mol. The summed E-state index contributed by atoms with van der Waals surface area (Å²) in [6.07, 6.45) is 6.05. The van der Waals surface area contributed by atoms with Crippen molar-refractivity contribution in [1.29, 1.82) is 0 Å². The van der Waals surface area contributed by atoms with Gasteiger partial charge in [-0.25, -0.2) is 15.0 Å². The molecule has 1 saturated heterocycles. The van der Waals surface area contributed by atoms with Crippen molar-refractivity contribution < 1.29 is 0 Å². The molecule has 11 heteroatoms. The molecule has 3 aromatic rings. The Labute approximate surface area is 186 Å². The Bertz CT molecular complexity index is 1160.